The van der Waals surface area contributed by atoms with Crippen molar-refractivity contribution in [1.29, 1.82) is 0 Å². The van der Waals surface area contributed by atoms with Crippen LogP contribution in [0.25, 0.3) is 5.57 Å². The van der Waals surface area contributed by atoms with E-state index in [0.29, 0.717) is 6.54 Å². The smallest absolute Gasteiger partial charge is 0.102 e. The summed E-state index contributed by atoms with van der Waals surface area (Å²) in [5.41, 5.74) is 2.31. The van der Waals surface area contributed by atoms with Crippen LogP contribution in [0, 0.1) is 5.21 Å². The van der Waals surface area contributed by atoms with E-state index >= 15 is 0 Å². The molecule has 0 fully saturated rings. The van der Waals surface area contributed by atoms with Crippen LogP contribution in [0.2, 0.25) is 0 Å². The van der Waals surface area contributed by atoms with Crippen molar-refractivity contribution < 1.29 is 4.65 Å². The lowest BCUT2D eigenvalue weighted by Gasteiger charge is -2.35. The first-order chi connectivity index (χ1) is 6.67. The van der Waals surface area contributed by atoms with Crippen LogP contribution in [-0.4, -0.2) is 18.2 Å². The molecule has 1 atom stereocenters. The lowest BCUT2D eigenvalue weighted by molar-refractivity contribution is -0.801. The molecule has 14 heavy (non-hydrogen) atoms. The summed E-state index contributed by atoms with van der Waals surface area (Å²) in [5, 5.41) is 11.5. The quantitative estimate of drug-likeness (QED) is 0.489. The average molecular weight is 187 g/mol. The van der Waals surface area contributed by atoms with Gasteiger partial charge in [0.25, 0.3) is 0 Å². The molecule has 0 N–H and O–H groups in total. The van der Waals surface area contributed by atoms with Gasteiger partial charge in [-0.05, 0) is 23.3 Å². The minimum absolute atomic E-state index is 0.309. The van der Waals surface area contributed by atoms with Gasteiger partial charge in [0, 0.05) is 0 Å². The number of rotatable bonds is 1. The van der Waals surface area contributed by atoms with Crippen LogP contribution < -0.4 is 0 Å². The van der Waals surface area contributed by atoms with Crippen LogP contribution in [0.5, 0.6) is 0 Å². The zero-order valence-corrected chi connectivity index (χ0v) is 8.18. The molecule has 1 aliphatic rings. The van der Waals surface area contributed by atoms with Crippen molar-refractivity contribution in [3.63, 3.8) is 0 Å². The van der Waals surface area contributed by atoms with Crippen LogP contribution in [0.4, 0.5) is 0 Å². The molecule has 72 valence electrons. The highest BCUT2D eigenvalue weighted by Crippen LogP contribution is 2.21. The molecule has 0 amide bonds. The first kappa shape index (κ1) is 9.19. The molecule has 1 aliphatic heterocycles. The number of quaternary nitrogens is 1. The fraction of sp³-hybridized carbons (Fsp3) is 0.167. The van der Waals surface area contributed by atoms with Gasteiger partial charge in [0.15, 0.2) is 0 Å². The second-order valence-corrected chi connectivity index (χ2v) is 3.70. The van der Waals surface area contributed by atoms with Crippen LogP contribution in [-0.2, 0) is 0 Å². The minimum Gasteiger partial charge on any atom is -0.628 e. The van der Waals surface area contributed by atoms with Crippen molar-refractivity contribution in [2.24, 2.45) is 0 Å². The van der Waals surface area contributed by atoms with E-state index in [-0.39, 0.29) is 4.65 Å². The fourth-order valence-electron chi connectivity index (χ4n) is 1.49. The van der Waals surface area contributed by atoms with Crippen LogP contribution in [0.1, 0.15) is 5.56 Å². The number of nitrogens with zero attached hydrogens (tertiary/aromatic N) is 1. The maximum Gasteiger partial charge on any atom is 0.102 e. The summed E-state index contributed by atoms with van der Waals surface area (Å²) in [6.07, 6.45) is 5.57. The number of hydroxylamine groups is 3. The minimum atomic E-state index is -0.309. The number of hydrogen-bond acceptors (Lipinski definition) is 1. The maximum atomic E-state index is 11.5. The van der Waals surface area contributed by atoms with Crippen molar-refractivity contribution in [2.45, 2.75) is 0 Å². The summed E-state index contributed by atoms with van der Waals surface area (Å²) in [7, 11) is 1.65. The molecular formula is C12H13NO. The van der Waals surface area contributed by atoms with Crippen molar-refractivity contribution in [3.05, 3.63) is 59.5 Å². The van der Waals surface area contributed by atoms with Crippen LogP contribution in [0.3, 0.4) is 0 Å². The molecule has 0 saturated heterocycles. The monoisotopic (exact) mass is 187 g/mol. The van der Waals surface area contributed by atoms with Gasteiger partial charge in [0.2, 0.25) is 0 Å². The highest BCUT2D eigenvalue weighted by atomic mass is 16.5. The first-order valence-corrected chi connectivity index (χ1v) is 4.68. The molecule has 2 heteroatoms. The van der Waals surface area contributed by atoms with Gasteiger partial charge in [0.1, 0.15) is 6.54 Å². The van der Waals surface area contributed by atoms with E-state index in [1.165, 1.54) is 5.56 Å². The third kappa shape index (κ3) is 1.92. The van der Waals surface area contributed by atoms with Crippen LogP contribution in [0.15, 0.2) is 48.7 Å². The van der Waals surface area contributed by atoms with E-state index in [2.05, 4.69) is 12.1 Å². The molecule has 1 heterocycles. The highest BCUT2D eigenvalue weighted by Gasteiger charge is 2.10. The molecule has 0 radical (unpaired) electrons. The fourth-order valence-corrected chi connectivity index (χ4v) is 1.49. The summed E-state index contributed by atoms with van der Waals surface area (Å²) in [6, 6.07) is 10.1. The molecule has 0 spiro atoms. The zero-order valence-electron chi connectivity index (χ0n) is 8.18. The van der Waals surface area contributed by atoms with Crippen molar-refractivity contribution in [3.8, 4) is 0 Å². The van der Waals surface area contributed by atoms with E-state index in [0.717, 1.165) is 5.57 Å². The van der Waals surface area contributed by atoms with Gasteiger partial charge in [-0.15, -0.1) is 0 Å². The molecular weight excluding hydrogens is 174 g/mol. The summed E-state index contributed by atoms with van der Waals surface area (Å²) >= 11 is 0. The van der Waals surface area contributed by atoms with Crippen molar-refractivity contribution in [1.82, 2.24) is 0 Å². The molecule has 1 aromatic rings. The summed E-state index contributed by atoms with van der Waals surface area (Å²) < 4.78 is -0.309. The number of allylic oxidation sites excluding steroid dienone is 2. The molecule has 1 unspecified atom stereocenters. The van der Waals surface area contributed by atoms with Gasteiger partial charge in [-0.25, -0.2) is 0 Å². The third-order valence-electron chi connectivity index (χ3n) is 2.35. The third-order valence-corrected chi connectivity index (χ3v) is 2.35. The van der Waals surface area contributed by atoms with E-state index in [1.54, 1.807) is 13.2 Å². The van der Waals surface area contributed by atoms with E-state index < -0.39 is 0 Å². The van der Waals surface area contributed by atoms with Gasteiger partial charge < -0.3 is 9.85 Å². The molecule has 0 saturated carbocycles. The first-order valence-electron chi connectivity index (χ1n) is 4.68. The summed E-state index contributed by atoms with van der Waals surface area (Å²) in [5.74, 6) is 0. The summed E-state index contributed by atoms with van der Waals surface area (Å²) in [6.45, 7) is 0.515. The number of benzene rings is 1. The lowest BCUT2D eigenvalue weighted by Crippen LogP contribution is -2.32. The second kappa shape index (κ2) is 3.40. The normalized spacial score (nSPS) is 26.0. The molecule has 1 aromatic carbocycles. The van der Waals surface area contributed by atoms with Crippen molar-refractivity contribution in [2.75, 3.05) is 13.6 Å². The van der Waals surface area contributed by atoms with Gasteiger partial charge in [-0.1, -0.05) is 30.3 Å². The number of hydrogen-bond donors (Lipinski definition) is 0. The van der Waals surface area contributed by atoms with E-state index in [1.807, 2.05) is 30.4 Å². The van der Waals surface area contributed by atoms with E-state index in [9.17, 15) is 5.21 Å². The van der Waals surface area contributed by atoms with Gasteiger partial charge >= 0.3 is 0 Å². The Morgan fingerprint density at radius 1 is 1.21 bits per heavy atom. The predicted octanol–water partition coefficient (Wildman–Crippen LogP) is 2.54. The average Bonchev–Trinajstić information content (AvgIpc) is 2.19. The topological polar surface area (TPSA) is 23.1 Å². The molecule has 0 aliphatic carbocycles. The summed E-state index contributed by atoms with van der Waals surface area (Å²) in [4.78, 5) is 0. The molecule has 0 bridgehead atoms. The maximum absolute atomic E-state index is 11.5. The Kier molecular flexibility index (Phi) is 2.23. The zero-order chi connectivity index (χ0) is 10.0. The Labute approximate surface area is 84.0 Å². The Morgan fingerprint density at radius 3 is 2.50 bits per heavy atom. The molecule has 0 aromatic heterocycles. The predicted molar refractivity (Wildman–Crippen MR) is 58.0 cm³/mol. The Hall–Kier alpha value is -1.38. The SMILES string of the molecule is C[N+]1([O-])C=CC(c2ccccc2)=CC1. The van der Waals surface area contributed by atoms with Gasteiger partial charge in [-0.3, -0.25) is 0 Å². The largest absolute Gasteiger partial charge is 0.628 e. The number of likely N-dealkylation sites (N-methyl/N-ethyl adjacent to an activating group) is 1. The highest BCUT2D eigenvalue weighted by molar-refractivity contribution is 5.74. The van der Waals surface area contributed by atoms with E-state index in [4.69, 9.17) is 0 Å². The second-order valence-electron chi connectivity index (χ2n) is 3.70. The lowest BCUT2D eigenvalue weighted by atomic mass is 10.0. The molecule has 2 rings (SSSR count). The van der Waals surface area contributed by atoms with Crippen LogP contribution >= 0.6 is 0 Å². The molecule has 2 nitrogen and oxygen atoms in total. The standard InChI is InChI=1S/C12H13NO/c1-13(14)9-7-12(8-10-13)11-5-3-2-4-6-11/h2-9H,10H2,1H3. The Balaban J connectivity index is 2.25. The van der Waals surface area contributed by atoms with Gasteiger partial charge in [0.05, 0.1) is 13.2 Å². The van der Waals surface area contributed by atoms with Crippen molar-refractivity contribution >= 4 is 5.57 Å². The van der Waals surface area contributed by atoms with Gasteiger partial charge in [-0.2, -0.15) is 0 Å². The Bertz CT molecular complexity index is 377. The Morgan fingerprint density at radius 2 is 1.93 bits per heavy atom.